The second-order valence-corrected chi connectivity index (χ2v) is 7.40. The molecule has 2 aromatic rings. The van der Waals surface area contributed by atoms with Gasteiger partial charge >= 0.3 is 0 Å². The first-order chi connectivity index (χ1) is 13.5. The van der Waals surface area contributed by atoms with E-state index in [9.17, 15) is 14.4 Å². The molecule has 28 heavy (non-hydrogen) atoms. The third kappa shape index (κ3) is 3.52. The van der Waals surface area contributed by atoms with E-state index >= 15 is 0 Å². The highest BCUT2D eigenvalue weighted by Gasteiger charge is 2.40. The van der Waals surface area contributed by atoms with Gasteiger partial charge in [0.05, 0.1) is 19.3 Å². The number of Topliss-reactive ketones (excluding diaryl/α,β-unsaturated/α-hetero) is 2. The zero-order valence-corrected chi connectivity index (χ0v) is 15.8. The number of hydrogen-bond donors (Lipinski definition) is 0. The molecule has 2 aliphatic rings. The molecule has 2 atom stereocenters. The van der Waals surface area contributed by atoms with Crippen molar-refractivity contribution in [1.82, 2.24) is 4.90 Å². The predicted octanol–water partition coefficient (Wildman–Crippen LogP) is 3.36. The van der Waals surface area contributed by atoms with Crippen LogP contribution < -0.4 is 0 Å². The fourth-order valence-corrected chi connectivity index (χ4v) is 4.08. The van der Waals surface area contributed by atoms with E-state index in [0.717, 1.165) is 18.4 Å². The van der Waals surface area contributed by atoms with Gasteiger partial charge in [-0.05, 0) is 31.9 Å². The molecule has 2 heterocycles. The Bertz CT molecular complexity index is 898. The number of morpholine rings is 1. The molecule has 1 saturated carbocycles. The van der Waals surface area contributed by atoms with Gasteiger partial charge < -0.3 is 14.1 Å². The number of ether oxygens (including phenoxy) is 1. The van der Waals surface area contributed by atoms with E-state index < -0.39 is 0 Å². The van der Waals surface area contributed by atoms with E-state index in [2.05, 4.69) is 0 Å². The maximum Gasteiger partial charge on any atom is 0.290 e. The lowest BCUT2D eigenvalue weighted by Crippen LogP contribution is -2.53. The molecular weight excluding hydrogens is 358 g/mol. The zero-order valence-electron chi connectivity index (χ0n) is 15.8. The summed E-state index contributed by atoms with van der Waals surface area (Å²) in [7, 11) is 0. The van der Waals surface area contributed by atoms with E-state index in [-0.39, 0.29) is 35.2 Å². The monoisotopic (exact) mass is 381 g/mol. The highest BCUT2D eigenvalue weighted by atomic mass is 16.5. The molecule has 1 amide bonds. The lowest BCUT2D eigenvalue weighted by molar-refractivity contribution is -0.124. The molecule has 6 heteroatoms. The highest BCUT2D eigenvalue weighted by molar-refractivity contribution is 5.95. The van der Waals surface area contributed by atoms with E-state index in [1.165, 1.54) is 6.92 Å². The van der Waals surface area contributed by atoms with Crippen LogP contribution >= 0.6 is 0 Å². The van der Waals surface area contributed by atoms with Crippen molar-refractivity contribution in [3.05, 3.63) is 47.7 Å². The summed E-state index contributed by atoms with van der Waals surface area (Å²) >= 11 is 0. The van der Waals surface area contributed by atoms with Crippen LogP contribution in [0.15, 0.2) is 40.8 Å². The van der Waals surface area contributed by atoms with E-state index in [1.54, 1.807) is 41.3 Å². The number of furan rings is 1. The zero-order chi connectivity index (χ0) is 19.7. The van der Waals surface area contributed by atoms with E-state index in [0.29, 0.717) is 37.5 Å². The van der Waals surface area contributed by atoms with Gasteiger partial charge in [0.1, 0.15) is 11.5 Å². The van der Waals surface area contributed by atoms with Crippen LogP contribution in [0.4, 0.5) is 0 Å². The minimum absolute atomic E-state index is 0.00156. The van der Waals surface area contributed by atoms with Crippen LogP contribution in [0.2, 0.25) is 0 Å². The fraction of sp³-hybridized carbons (Fsp3) is 0.409. The van der Waals surface area contributed by atoms with Crippen LogP contribution in [-0.2, 0) is 9.53 Å². The molecule has 0 unspecified atom stereocenters. The minimum atomic E-state index is -0.223. The van der Waals surface area contributed by atoms with Gasteiger partial charge in [0.25, 0.3) is 5.91 Å². The van der Waals surface area contributed by atoms with Gasteiger partial charge in [-0.2, -0.15) is 0 Å². The van der Waals surface area contributed by atoms with Gasteiger partial charge in [-0.1, -0.05) is 24.3 Å². The summed E-state index contributed by atoms with van der Waals surface area (Å²) in [5, 5.41) is 0. The Kier molecular flexibility index (Phi) is 5.13. The number of carbonyl (C=O) groups is 3. The smallest absolute Gasteiger partial charge is 0.290 e. The Labute approximate surface area is 163 Å². The summed E-state index contributed by atoms with van der Waals surface area (Å²) in [6, 6.07) is 10.3. The van der Waals surface area contributed by atoms with Crippen LogP contribution in [0.3, 0.4) is 0 Å². The molecule has 0 radical (unpaired) electrons. The molecule has 146 valence electrons. The first-order valence-corrected chi connectivity index (χ1v) is 9.67. The highest BCUT2D eigenvalue weighted by Crippen LogP contribution is 2.31. The topological polar surface area (TPSA) is 76.8 Å². The van der Waals surface area contributed by atoms with Crippen molar-refractivity contribution in [3.63, 3.8) is 0 Å². The average molecular weight is 381 g/mol. The normalized spacial score (nSPS) is 22.5. The van der Waals surface area contributed by atoms with Crippen LogP contribution in [0.5, 0.6) is 0 Å². The van der Waals surface area contributed by atoms with Crippen LogP contribution in [0.1, 0.15) is 47.1 Å². The van der Waals surface area contributed by atoms with Gasteiger partial charge in [0, 0.05) is 30.0 Å². The maximum atomic E-state index is 13.1. The van der Waals surface area contributed by atoms with Gasteiger partial charge in [-0.3, -0.25) is 14.4 Å². The fourth-order valence-electron chi connectivity index (χ4n) is 4.08. The lowest BCUT2D eigenvalue weighted by atomic mass is 9.95. The third-order valence-electron chi connectivity index (χ3n) is 5.64. The Morgan fingerprint density at radius 3 is 2.57 bits per heavy atom. The second-order valence-electron chi connectivity index (χ2n) is 7.40. The molecule has 2 fully saturated rings. The van der Waals surface area contributed by atoms with E-state index in [1.807, 2.05) is 0 Å². The summed E-state index contributed by atoms with van der Waals surface area (Å²) in [6.07, 6.45) is 2.27. The second kappa shape index (κ2) is 7.72. The first-order valence-electron chi connectivity index (χ1n) is 9.67. The molecule has 1 aromatic carbocycles. The Morgan fingerprint density at radius 1 is 1.11 bits per heavy atom. The molecule has 0 spiro atoms. The minimum Gasteiger partial charge on any atom is -0.451 e. The number of rotatable bonds is 4. The molecule has 1 aromatic heterocycles. The molecule has 1 aliphatic carbocycles. The number of hydrogen-bond acceptors (Lipinski definition) is 5. The van der Waals surface area contributed by atoms with Crippen molar-refractivity contribution < 1.29 is 23.5 Å². The van der Waals surface area contributed by atoms with Crippen molar-refractivity contribution >= 4 is 17.5 Å². The molecule has 4 rings (SSSR count). The van der Waals surface area contributed by atoms with Crippen LogP contribution in [0.25, 0.3) is 11.3 Å². The van der Waals surface area contributed by atoms with Crippen molar-refractivity contribution in [3.8, 4) is 11.3 Å². The molecule has 0 bridgehead atoms. The number of carbonyl (C=O) groups excluding carboxylic acids is 3. The van der Waals surface area contributed by atoms with Crippen molar-refractivity contribution in [1.29, 1.82) is 0 Å². The number of benzene rings is 1. The van der Waals surface area contributed by atoms with Crippen molar-refractivity contribution in [2.75, 3.05) is 19.8 Å². The average Bonchev–Trinajstić information content (AvgIpc) is 3.37. The van der Waals surface area contributed by atoms with Crippen molar-refractivity contribution in [2.45, 2.75) is 32.2 Å². The van der Waals surface area contributed by atoms with Crippen LogP contribution in [0, 0.1) is 5.92 Å². The number of ketones is 2. The maximum absolute atomic E-state index is 13.1. The standard InChI is InChI=1S/C22H23NO5/c1-14(24)15-5-7-16(8-6-15)20-9-10-21(28-20)22(26)23-11-12-27-13-18(23)17-3-2-4-19(17)25/h5-10,17-18H,2-4,11-13H2,1H3/t17-,18-/m1/s1. The molecule has 1 aliphatic heterocycles. The first kappa shape index (κ1) is 18.6. The van der Waals surface area contributed by atoms with Gasteiger partial charge in [0.2, 0.25) is 0 Å². The number of nitrogens with zero attached hydrogens (tertiary/aromatic N) is 1. The third-order valence-corrected chi connectivity index (χ3v) is 5.64. The van der Waals surface area contributed by atoms with Gasteiger partial charge in [-0.25, -0.2) is 0 Å². The Balaban J connectivity index is 1.54. The quantitative estimate of drug-likeness (QED) is 0.759. The summed E-state index contributed by atoms with van der Waals surface area (Å²) < 4.78 is 11.4. The molecule has 6 nitrogen and oxygen atoms in total. The van der Waals surface area contributed by atoms with Crippen LogP contribution in [-0.4, -0.2) is 48.2 Å². The summed E-state index contributed by atoms with van der Waals surface area (Å²) in [5.41, 5.74) is 1.43. The Hall–Kier alpha value is -2.73. The lowest BCUT2D eigenvalue weighted by Gasteiger charge is -2.38. The summed E-state index contributed by atoms with van der Waals surface area (Å²) in [5.74, 6) is 0.696. The SMILES string of the molecule is CC(=O)c1ccc(-c2ccc(C(=O)N3CCOC[C@@H]3[C@H]3CCCC3=O)o2)cc1. The summed E-state index contributed by atoms with van der Waals surface area (Å²) in [6.45, 7) is 2.83. The largest absolute Gasteiger partial charge is 0.451 e. The molecular formula is C22H23NO5. The summed E-state index contributed by atoms with van der Waals surface area (Å²) in [4.78, 5) is 38.4. The van der Waals surface area contributed by atoms with Crippen molar-refractivity contribution in [2.24, 2.45) is 5.92 Å². The predicted molar refractivity (Wildman–Crippen MR) is 102 cm³/mol. The Morgan fingerprint density at radius 2 is 1.89 bits per heavy atom. The molecule has 1 saturated heterocycles. The van der Waals surface area contributed by atoms with Gasteiger partial charge in [-0.15, -0.1) is 0 Å². The van der Waals surface area contributed by atoms with E-state index in [4.69, 9.17) is 9.15 Å². The molecule has 0 N–H and O–H groups in total. The number of amides is 1. The van der Waals surface area contributed by atoms with Gasteiger partial charge in [0.15, 0.2) is 11.5 Å².